The molecule has 0 aliphatic rings. The molecule has 0 rings (SSSR count). The Kier molecular flexibility index (Phi) is 26.2. The molecule has 7 N–H and O–H groups in total. The highest BCUT2D eigenvalue weighted by atomic mass is 16.4. The number of aliphatic carboxylic acids is 3. The van der Waals surface area contributed by atoms with Crippen molar-refractivity contribution in [1.82, 2.24) is 0 Å². The van der Waals surface area contributed by atoms with E-state index in [2.05, 4.69) is 0 Å². The van der Waals surface area contributed by atoms with Crippen LogP contribution in [-0.4, -0.2) is 79.1 Å². The van der Waals surface area contributed by atoms with Gasteiger partial charge in [-0.15, -0.1) is 0 Å². The van der Waals surface area contributed by atoms with E-state index in [1.807, 2.05) is 0 Å². The number of carbonyl (C=O) groups is 3. The maximum absolute atomic E-state index is 9.45. The molecule has 0 fully saturated rings. The monoisotopic (exact) mass is 302 g/mol. The van der Waals surface area contributed by atoms with Crippen LogP contribution in [0, 0.1) is 0 Å². The standard InChI is InChI=1S/C3H8O3.C3H6O3.2C2H4O2/c4-1-3(6)2-5;1-2(4)3(5)6;2*1-2(3)4/h3-6H,1-2H2;2,4H,1H3,(H,5,6);2*1H3,(H,3,4). The normalized spacial score (nSPS) is 9.60. The van der Waals surface area contributed by atoms with Crippen molar-refractivity contribution in [1.29, 1.82) is 0 Å². The van der Waals surface area contributed by atoms with Gasteiger partial charge in [0, 0.05) is 13.8 Å². The number of carboxylic acids is 3. The molecular weight excluding hydrogens is 280 g/mol. The molecule has 0 aromatic rings. The Bertz CT molecular complexity index is 226. The van der Waals surface area contributed by atoms with Gasteiger partial charge in [-0.2, -0.15) is 0 Å². The van der Waals surface area contributed by atoms with Crippen LogP contribution >= 0.6 is 0 Å². The van der Waals surface area contributed by atoms with E-state index in [-0.39, 0.29) is 13.2 Å². The lowest BCUT2D eigenvalue weighted by Crippen LogP contribution is -2.15. The predicted octanol–water partition coefficient (Wildman–Crippen LogP) is -2.03. The van der Waals surface area contributed by atoms with Gasteiger partial charge in [-0.1, -0.05) is 0 Å². The number of hydrogen-bond donors (Lipinski definition) is 7. The minimum Gasteiger partial charge on any atom is -0.481 e. The second kappa shape index (κ2) is 19.6. The van der Waals surface area contributed by atoms with E-state index < -0.39 is 30.1 Å². The van der Waals surface area contributed by atoms with Crippen molar-refractivity contribution < 1.29 is 50.1 Å². The molecule has 0 amide bonds. The van der Waals surface area contributed by atoms with E-state index in [0.29, 0.717) is 0 Å². The topological polar surface area (TPSA) is 193 Å². The van der Waals surface area contributed by atoms with Crippen LogP contribution in [-0.2, 0) is 14.4 Å². The van der Waals surface area contributed by atoms with Crippen molar-refractivity contribution in [2.45, 2.75) is 33.0 Å². The lowest BCUT2D eigenvalue weighted by molar-refractivity contribution is -0.145. The third-order valence-corrected chi connectivity index (χ3v) is 0.779. The summed E-state index contributed by atoms with van der Waals surface area (Å²) in [5.74, 6) is -2.85. The second-order valence-corrected chi connectivity index (χ2v) is 3.07. The van der Waals surface area contributed by atoms with Gasteiger partial charge in [0.1, 0.15) is 12.2 Å². The Labute approximate surface area is 115 Å². The van der Waals surface area contributed by atoms with Crippen LogP contribution in [0.15, 0.2) is 0 Å². The summed E-state index contributed by atoms with van der Waals surface area (Å²) in [5, 5.41) is 54.6. The van der Waals surface area contributed by atoms with E-state index in [9.17, 15) is 4.79 Å². The third-order valence-electron chi connectivity index (χ3n) is 0.779. The van der Waals surface area contributed by atoms with E-state index in [1.54, 1.807) is 0 Å². The Balaban J connectivity index is -0.0000000871. The van der Waals surface area contributed by atoms with Crippen molar-refractivity contribution in [3.8, 4) is 0 Å². The van der Waals surface area contributed by atoms with Crippen LogP contribution in [0.4, 0.5) is 0 Å². The summed E-state index contributed by atoms with van der Waals surface area (Å²) < 4.78 is 0. The molecule has 10 nitrogen and oxygen atoms in total. The second-order valence-electron chi connectivity index (χ2n) is 3.07. The zero-order valence-corrected chi connectivity index (χ0v) is 11.4. The van der Waals surface area contributed by atoms with Gasteiger partial charge in [0.05, 0.1) is 13.2 Å². The number of aliphatic hydroxyl groups is 4. The minimum atomic E-state index is -1.23. The molecule has 0 aromatic heterocycles. The summed E-state index contributed by atoms with van der Waals surface area (Å²) in [7, 11) is 0. The van der Waals surface area contributed by atoms with E-state index in [4.69, 9.17) is 45.3 Å². The van der Waals surface area contributed by atoms with Gasteiger partial charge in [0.15, 0.2) is 0 Å². The molecule has 0 saturated heterocycles. The first-order valence-electron chi connectivity index (χ1n) is 5.11. The maximum Gasteiger partial charge on any atom is 0.332 e. The molecule has 0 radical (unpaired) electrons. The molecule has 122 valence electrons. The average Bonchev–Trinajstić information content (AvgIpc) is 2.27. The number of aliphatic hydroxyl groups excluding tert-OH is 4. The van der Waals surface area contributed by atoms with Gasteiger partial charge >= 0.3 is 5.97 Å². The molecule has 0 spiro atoms. The van der Waals surface area contributed by atoms with Crippen LogP contribution in [0.3, 0.4) is 0 Å². The molecule has 20 heavy (non-hydrogen) atoms. The van der Waals surface area contributed by atoms with Crippen LogP contribution in [0.1, 0.15) is 20.8 Å². The maximum atomic E-state index is 9.45. The fraction of sp³-hybridized carbons (Fsp3) is 0.700. The van der Waals surface area contributed by atoms with E-state index >= 15 is 0 Å². The lowest BCUT2D eigenvalue weighted by Gasteiger charge is -1.96. The van der Waals surface area contributed by atoms with Gasteiger partial charge in [-0.05, 0) is 6.92 Å². The van der Waals surface area contributed by atoms with Crippen molar-refractivity contribution in [3.05, 3.63) is 0 Å². The molecule has 0 aromatic carbocycles. The molecule has 0 bridgehead atoms. The quantitative estimate of drug-likeness (QED) is 0.305. The van der Waals surface area contributed by atoms with E-state index in [1.165, 1.54) is 6.92 Å². The van der Waals surface area contributed by atoms with Gasteiger partial charge < -0.3 is 35.7 Å². The summed E-state index contributed by atoms with van der Waals surface area (Å²) in [4.78, 5) is 27.4. The van der Waals surface area contributed by atoms with Crippen LogP contribution < -0.4 is 0 Å². The van der Waals surface area contributed by atoms with Crippen LogP contribution in [0.2, 0.25) is 0 Å². The molecule has 1 unspecified atom stereocenters. The third kappa shape index (κ3) is 96.7. The molecule has 10 heteroatoms. The van der Waals surface area contributed by atoms with Crippen molar-refractivity contribution >= 4 is 17.9 Å². The molecule has 1 atom stereocenters. The highest BCUT2D eigenvalue weighted by Crippen LogP contribution is 1.73. The fourth-order valence-electron chi connectivity index (χ4n) is 0.0577. The first-order chi connectivity index (χ1) is 8.91. The summed E-state index contributed by atoms with van der Waals surface area (Å²) in [5.41, 5.74) is 0. The average molecular weight is 302 g/mol. The molecule has 0 heterocycles. The Morgan fingerprint density at radius 1 is 0.850 bits per heavy atom. The van der Waals surface area contributed by atoms with Crippen molar-refractivity contribution in [2.24, 2.45) is 0 Å². The number of carboxylic acid groups (broad SMARTS) is 3. The summed E-state index contributed by atoms with van der Waals surface area (Å²) in [6, 6.07) is 0. The van der Waals surface area contributed by atoms with Gasteiger partial charge in [-0.3, -0.25) is 9.59 Å². The zero-order valence-electron chi connectivity index (χ0n) is 11.4. The minimum absolute atomic E-state index is 0.365. The Morgan fingerprint density at radius 3 is 1.00 bits per heavy atom. The van der Waals surface area contributed by atoms with Crippen molar-refractivity contribution in [2.75, 3.05) is 13.2 Å². The first-order valence-corrected chi connectivity index (χ1v) is 5.11. The zero-order chi connectivity index (χ0) is 17.3. The van der Waals surface area contributed by atoms with Gasteiger partial charge in [0.2, 0.25) is 0 Å². The first kappa shape index (κ1) is 26.7. The molecule has 0 aliphatic heterocycles. The Morgan fingerprint density at radius 2 is 1.00 bits per heavy atom. The summed E-state index contributed by atoms with van der Waals surface area (Å²) >= 11 is 0. The van der Waals surface area contributed by atoms with Gasteiger partial charge in [-0.25, -0.2) is 4.79 Å². The van der Waals surface area contributed by atoms with Crippen LogP contribution in [0.25, 0.3) is 0 Å². The highest BCUT2D eigenvalue weighted by Gasteiger charge is 2.01. The van der Waals surface area contributed by atoms with Crippen molar-refractivity contribution in [3.63, 3.8) is 0 Å². The number of rotatable bonds is 3. The van der Waals surface area contributed by atoms with E-state index in [0.717, 1.165) is 13.8 Å². The summed E-state index contributed by atoms with van der Waals surface area (Å²) in [6.45, 7) is 2.63. The molecule has 0 saturated carbocycles. The lowest BCUT2D eigenvalue weighted by atomic mass is 10.4. The predicted molar refractivity (Wildman–Crippen MR) is 66.1 cm³/mol. The number of hydrogen-bond acceptors (Lipinski definition) is 7. The fourth-order valence-corrected chi connectivity index (χ4v) is 0.0577. The summed E-state index contributed by atoms with van der Waals surface area (Å²) in [6.07, 6.45) is -2.19. The molecule has 0 aliphatic carbocycles. The molecular formula is C10H22O10. The van der Waals surface area contributed by atoms with Gasteiger partial charge in [0.25, 0.3) is 11.9 Å². The van der Waals surface area contributed by atoms with Crippen LogP contribution in [0.5, 0.6) is 0 Å². The SMILES string of the molecule is CC(=O)O.CC(=O)O.CC(O)C(=O)O.OCC(O)CO. The highest BCUT2D eigenvalue weighted by molar-refractivity contribution is 5.71. The smallest absolute Gasteiger partial charge is 0.332 e. The Hall–Kier alpha value is -1.75. The largest absolute Gasteiger partial charge is 0.481 e.